The van der Waals surface area contributed by atoms with Gasteiger partial charge in [0.05, 0.1) is 0 Å². The summed E-state index contributed by atoms with van der Waals surface area (Å²) >= 11 is 0. The molecule has 1 N–H and O–H groups in total. The fourth-order valence-electron chi connectivity index (χ4n) is 1.54. The second-order valence-corrected chi connectivity index (χ2v) is 3.11. The summed E-state index contributed by atoms with van der Waals surface area (Å²) in [6, 6.07) is 2.13. The van der Waals surface area contributed by atoms with Crippen LogP contribution in [0.15, 0.2) is 36.7 Å². The number of allylic oxidation sites excluding steroid dienone is 4. The Kier molecular flexibility index (Phi) is 2.12. The Morgan fingerprint density at radius 2 is 2.33 bits per heavy atom. The highest BCUT2D eigenvalue weighted by Crippen LogP contribution is 2.22. The van der Waals surface area contributed by atoms with E-state index in [1.807, 2.05) is 6.20 Å². The van der Waals surface area contributed by atoms with E-state index in [4.69, 9.17) is 0 Å². The van der Waals surface area contributed by atoms with Gasteiger partial charge in [-0.15, -0.1) is 0 Å². The van der Waals surface area contributed by atoms with Gasteiger partial charge >= 0.3 is 0 Å². The molecule has 1 nitrogen and oxygen atoms in total. The minimum atomic E-state index is 1.20. The molecule has 1 aliphatic rings. The topological polar surface area (TPSA) is 15.8 Å². The summed E-state index contributed by atoms with van der Waals surface area (Å²) < 4.78 is 0. The van der Waals surface area contributed by atoms with Crippen LogP contribution in [0.25, 0.3) is 5.57 Å². The van der Waals surface area contributed by atoms with Crippen molar-refractivity contribution in [1.82, 2.24) is 4.98 Å². The normalized spacial score (nSPS) is 17.2. The molecular weight excluding hydrogens is 146 g/mol. The molecule has 0 amide bonds. The van der Waals surface area contributed by atoms with Gasteiger partial charge in [-0.05, 0) is 36.5 Å². The molecule has 1 aliphatic carbocycles. The first-order valence-corrected chi connectivity index (χ1v) is 4.46. The molecule has 0 bridgehead atoms. The van der Waals surface area contributed by atoms with Gasteiger partial charge in [0.1, 0.15) is 0 Å². The van der Waals surface area contributed by atoms with Crippen LogP contribution >= 0.6 is 0 Å². The molecule has 0 spiro atoms. The first-order valence-electron chi connectivity index (χ1n) is 4.46. The monoisotopic (exact) mass is 159 g/mol. The van der Waals surface area contributed by atoms with Crippen LogP contribution in [0.2, 0.25) is 0 Å². The average Bonchev–Trinajstić information content (AvgIpc) is 2.48. The second kappa shape index (κ2) is 3.44. The lowest BCUT2D eigenvalue weighted by molar-refractivity contribution is 0.886. The minimum absolute atomic E-state index is 1.20. The maximum atomic E-state index is 3.08. The zero-order valence-corrected chi connectivity index (χ0v) is 7.09. The van der Waals surface area contributed by atoms with E-state index < -0.39 is 0 Å². The number of H-pyrrole nitrogens is 1. The zero-order valence-electron chi connectivity index (χ0n) is 7.09. The van der Waals surface area contributed by atoms with E-state index in [-0.39, 0.29) is 0 Å². The summed E-state index contributed by atoms with van der Waals surface area (Å²) in [5.74, 6) is 0. The second-order valence-electron chi connectivity index (χ2n) is 3.11. The fraction of sp³-hybridized carbons (Fsp3) is 0.273. The molecule has 1 aromatic heterocycles. The van der Waals surface area contributed by atoms with E-state index in [2.05, 4.69) is 35.5 Å². The number of hydrogen-bond acceptors (Lipinski definition) is 0. The molecule has 62 valence electrons. The zero-order chi connectivity index (χ0) is 8.23. The molecule has 2 rings (SSSR count). The summed E-state index contributed by atoms with van der Waals surface area (Å²) in [6.07, 6.45) is 14.3. The summed E-state index contributed by atoms with van der Waals surface area (Å²) in [4.78, 5) is 3.08. The highest BCUT2D eigenvalue weighted by Gasteiger charge is 2.01. The van der Waals surface area contributed by atoms with Crippen molar-refractivity contribution in [3.8, 4) is 0 Å². The lowest BCUT2D eigenvalue weighted by Crippen LogP contribution is -1.79. The number of nitrogens with one attached hydrogen (secondary N) is 1. The maximum absolute atomic E-state index is 3.08. The smallest absolute Gasteiger partial charge is 0.00808 e. The van der Waals surface area contributed by atoms with Crippen LogP contribution in [-0.4, -0.2) is 4.98 Å². The molecular formula is C11H13N. The van der Waals surface area contributed by atoms with Gasteiger partial charge in [-0.25, -0.2) is 0 Å². The van der Waals surface area contributed by atoms with Gasteiger partial charge < -0.3 is 4.98 Å². The third-order valence-corrected chi connectivity index (χ3v) is 2.22. The van der Waals surface area contributed by atoms with Crippen molar-refractivity contribution in [3.63, 3.8) is 0 Å². The Morgan fingerprint density at radius 1 is 1.33 bits per heavy atom. The van der Waals surface area contributed by atoms with Crippen LogP contribution in [0.4, 0.5) is 0 Å². The average molecular weight is 159 g/mol. The van der Waals surface area contributed by atoms with Gasteiger partial charge in [-0.1, -0.05) is 18.2 Å². The molecule has 1 heteroatoms. The van der Waals surface area contributed by atoms with Crippen LogP contribution in [0.5, 0.6) is 0 Å². The summed E-state index contributed by atoms with van der Waals surface area (Å²) in [7, 11) is 0. The Balaban J connectivity index is 2.23. The molecule has 0 radical (unpaired) electrons. The van der Waals surface area contributed by atoms with Crippen LogP contribution in [-0.2, 0) is 0 Å². The van der Waals surface area contributed by atoms with Crippen LogP contribution in [0, 0.1) is 0 Å². The van der Waals surface area contributed by atoms with Crippen molar-refractivity contribution in [2.45, 2.75) is 19.3 Å². The Hall–Kier alpha value is -1.24. The van der Waals surface area contributed by atoms with Crippen molar-refractivity contribution in [1.29, 1.82) is 0 Å². The van der Waals surface area contributed by atoms with Crippen molar-refractivity contribution in [2.75, 3.05) is 0 Å². The standard InChI is InChI=1S/C11H13N/c1-2-4-6-10(5-3-1)11-7-8-12-9-11/h1,3,5,7-9,12H,2,4,6H2. The van der Waals surface area contributed by atoms with E-state index in [0.717, 1.165) is 0 Å². The van der Waals surface area contributed by atoms with Crippen LogP contribution < -0.4 is 0 Å². The Labute approximate surface area is 72.8 Å². The largest absolute Gasteiger partial charge is 0.367 e. The molecule has 0 aliphatic heterocycles. The Morgan fingerprint density at radius 3 is 3.17 bits per heavy atom. The fourth-order valence-corrected chi connectivity index (χ4v) is 1.54. The lowest BCUT2D eigenvalue weighted by Gasteiger charge is -2.00. The molecule has 1 heterocycles. The summed E-state index contributed by atoms with van der Waals surface area (Å²) in [5, 5.41) is 0. The van der Waals surface area contributed by atoms with E-state index >= 15 is 0 Å². The third kappa shape index (κ3) is 1.50. The molecule has 12 heavy (non-hydrogen) atoms. The summed E-state index contributed by atoms with van der Waals surface area (Å²) in [6.45, 7) is 0. The predicted molar refractivity (Wildman–Crippen MR) is 51.8 cm³/mol. The molecule has 1 aromatic rings. The maximum Gasteiger partial charge on any atom is 0.00808 e. The third-order valence-electron chi connectivity index (χ3n) is 2.22. The van der Waals surface area contributed by atoms with Gasteiger partial charge in [-0.2, -0.15) is 0 Å². The minimum Gasteiger partial charge on any atom is -0.367 e. The van der Waals surface area contributed by atoms with Crippen molar-refractivity contribution >= 4 is 5.57 Å². The quantitative estimate of drug-likeness (QED) is 0.648. The number of aromatic amines is 1. The molecule has 0 saturated heterocycles. The number of rotatable bonds is 1. The van der Waals surface area contributed by atoms with Gasteiger partial charge in [0.2, 0.25) is 0 Å². The van der Waals surface area contributed by atoms with E-state index in [9.17, 15) is 0 Å². The molecule has 0 saturated carbocycles. The number of hydrogen-bond donors (Lipinski definition) is 1. The van der Waals surface area contributed by atoms with E-state index in [1.54, 1.807) is 0 Å². The summed E-state index contributed by atoms with van der Waals surface area (Å²) in [5.41, 5.74) is 2.78. The van der Waals surface area contributed by atoms with Crippen molar-refractivity contribution in [2.24, 2.45) is 0 Å². The molecule has 0 atom stereocenters. The molecule has 0 unspecified atom stereocenters. The lowest BCUT2D eigenvalue weighted by atomic mass is 10.0. The van der Waals surface area contributed by atoms with Crippen molar-refractivity contribution < 1.29 is 0 Å². The first-order chi connectivity index (χ1) is 5.97. The van der Waals surface area contributed by atoms with Gasteiger partial charge in [0.25, 0.3) is 0 Å². The SMILES string of the molecule is C1=CCCCC(c2cc[nH]c2)=C1. The highest BCUT2D eigenvalue weighted by atomic mass is 14.6. The molecule has 0 fully saturated rings. The van der Waals surface area contributed by atoms with Crippen LogP contribution in [0.1, 0.15) is 24.8 Å². The predicted octanol–water partition coefficient (Wildman–Crippen LogP) is 3.14. The first kappa shape index (κ1) is 7.41. The highest BCUT2D eigenvalue weighted by molar-refractivity contribution is 5.66. The van der Waals surface area contributed by atoms with Gasteiger partial charge in [0.15, 0.2) is 0 Å². The van der Waals surface area contributed by atoms with E-state index in [1.165, 1.54) is 30.4 Å². The molecule has 0 aromatic carbocycles. The van der Waals surface area contributed by atoms with Crippen LogP contribution in [0.3, 0.4) is 0 Å². The van der Waals surface area contributed by atoms with Gasteiger partial charge in [-0.3, -0.25) is 0 Å². The van der Waals surface area contributed by atoms with Gasteiger partial charge in [0, 0.05) is 12.4 Å². The number of aromatic nitrogens is 1. The van der Waals surface area contributed by atoms with E-state index in [0.29, 0.717) is 0 Å². The van der Waals surface area contributed by atoms with Crippen molar-refractivity contribution in [3.05, 3.63) is 42.3 Å². The Bertz CT molecular complexity index is 291.